The molecular formula is C7H9ClO4. The van der Waals surface area contributed by atoms with Crippen LogP contribution in [0.3, 0.4) is 0 Å². The van der Waals surface area contributed by atoms with Crippen molar-refractivity contribution in [2.24, 2.45) is 0 Å². The minimum atomic E-state index is -0.545. The first-order valence-corrected chi connectivity index (χ1v) is 3.75. The van der Waals surface area contributed by atoms with Crippen LogP contribution in [0, 0.1) is 0 Å². The summed E-state index contributed by atoms with van der Waals surface area (Å²) in [6, 6.07) is 0. The van der Waals surface area contributed by atoms with Gasteiger partial charge in [0.2, 0.25) is 0 Å². The summed E-state index contributed by atoms with van der Waals surface area (Å²) in [5, 5.41) is 0. The van der Waals surface area contributed by atoms with Gasteiger partial charge >= 0.3 is 11.9 Å². The first-order chi connectivity index (χ1) is 5.70. The zero-order valence-electron chi connectivity index (χ0n) is 6.42. The summed E-state index contributed by atoms with van der Waals surface area (Å²) in [4.78, 5) is 20.8. The molecule has 4 nitrogen and oxygen atoms in total. The van der Waals surface area contributed by atoms with Crippen molar-refractivity contribution < 1.29 is 19.1 Å². The fourth-order valence-electron chi connectivity index (χ4n) is 0.395. The maximum Gasteiger partial charge on any atom is 0.330 e. The largest absolute Gasteiger partial charge is 0.461 e. The molecule has 0 aliphatic carbocycles. The molecule has 0 fully saturated rings. The molecule has 68 valence electrons. The first kappa shape index (κ1) is 11.0. The highest BCUT2D eigenvalue weighted by molar-refractivity contribution is 6.26. The van der Waals surface area contributed by atoms with E-state index in [2.05, 4.69) is 16.1 Å². The zero-order valence-corrected chi connectivity index (χ0v) is 7.17. The summed E-state index contributed by atoms with van der Waals surface area (Å²) < 4.78 is 9.01. The maximum absolute atomic E-state index is 10.4. The van der Waals surface area contributed by atoms with Gasteiger partial charge in [-0.05, 0) is 0 Å². The number of halogens is 1. The van der Waals surface area contributed by atoms with Crippen LogP contribution in [0.15, 0.2) is 12.7 Å². The molecule has 0 aromatic heterocycles. The lowest BCUT2D eigenvalue weighted by Gasteiger charge is -2.02. The van der Waals surface area contributed by atoms with Gasteiger partial charge in [-0.2, -0.15) is 0 Å². The lowest BCUT2D eigenvalue weighted by atomic mass is 10.6. The van der Waals surface area contributed by atoms with Crippen LogP contribution in [0.4, 0.5) is 0 Å². The molecule has 0 saturated heterocycles. The molecule has 0 saturated carbocycles. The summed E-state index contributed by atoms with van der Waals surface area (Å²) in [5.74, 6) is -1.28. The molecule has 0 N–H and O–H groups in total. The Hall–Kier alpha value is -1.03. The Morgan fingerprint density at radius 3 is 2.42 bits per heavy atom. The van der Waals surface area contributed by atoms with Gasteiger partial charge < -0.3 is 9.47 Å². The highest BCUT2D eigenvalue weighted by Gasteiger charge is 1.99. The molecule has 0 rings (SSSR count). The molecule has 0 aromatic rings. The summed E-state index contributed by atoms with van der Waals surface area (Å²) in [7, 11) is 0. The van der Waals surface area contributed by atoms with Gasteiger partial charge in [-0.3, -0.25) is 4.79 Å². The Kier molecular flexibility index (Phi) is 6.09. The highest BCUT2D eigenvalue weighted by atomic mass is 35.5. The number of alkyl halides is 1. The Bertz CT molecular complexity index is 178. The molecule has 0 aliphatic rings. The van der Waals surface area contributed by atoms with E-state index in [1.807, 2.05) is 0 Å². The number of ether oxygens (including phenoxy) is 2. The van der Waals surface area contributed by atoms with Gasteiger partial charge in [0.1, 0.15) is 19.1 Å². The number of carbonyl (C=O) groups excluding carboxylic acids is 2. The molecule has 0 aliphatic heterocycles. The van der Waals surface area contributed by atoms with Crippen molar-refractivity contribution in [1.29, 1.82) is 0 Å². The minimum Gasteiger partial charge on any atom is -0.461 e. The van der Waals surface area contributed by atoms with Crippen molar-refractivity contribution in [1.82, 2.24) is 0 Å². The summed E-state index contributed by atoms with van der Waals surface area (Å²) in [5.41, 5.74) is 0. The third-order valence-electron chi connectivity index (χ3n) is 0.866. The second kappa shape index (κ2) is 6.67. The van der Waals surface area contributed by atoms with Crippen molar-refractivity contribution in [3.8, 4) is 0 Å². The van der Waals surface area contributed by atoms with E-state index in [1.54, 1.807) is 0 Å². The normalized spacial score (nSPS) is 8.75. The van der Waals surface area contributed by atoms with Crippen LogP contribution in [-0.2, 0) is 19.1 Å². The van der Waals surface area contributed by atoms with Crippen LogP contribution < -0.4 is 0 Å². The number of rotatable bonds is 5. The Labute approximate surface area is 75.1 Å². The Morgan fingerprint density at radius 2 is 1.92 bits per heavy atom. The molecule has 0 spiro atoms. The molecule has 12 heavy (non-hydrogen) atoms. The molecule has 5 heteroatoms. The average Bonchev–Trinajstić information content (AvgIpc) is 2.11. The number of hydrogen-bond donors (Lipinski definition) is 0. The highest BCUT2D eigenvalue weighted by Crippen LogP contribution is 1.84. The number of esters is 2. The van der Waals surface area contributed by atoms with E-state index in [4.69, 9.17) is 11.6 Å². The number of hydrogen-bond acceptors (Lipinski definition) is 4. The molecule has 0 amide bonds. The smallest absolute Gasteiger partial charge is 0.330 e. The van der Waals surface area contributed by atoms with Crippen molar-refractivity contribution >= 4 is 23.5 Å². The van der Waals surface area contributed by atoms with Gasteiger partial charge in [0.15, 0.2) is 0 Å². The number of carbonyl (C=O) groups is 2. The average molecular weight is 193 g/mol. The topological polar surface area (TPSA) is 52.6 Å². The Balaban J connectivity index is 3.27. The SMILES string of the molecule is C=CC(=O)OCCOC(=O)CCl. The quantitative estimate of drug-likeness (QED) is 0.276. The third-order valence-corrected chi connectivity index (χ3v) is 1.08. The van der Waals surface area contributed by atoms with Crippen molar-refractivity contribution in [3.05, 3.63) is 12.7 Å². The van der Waals surface area contributed by atoms with E-state index in [1.165, 1.54) is 0 Å². The Morgan fingerprint density at radius 1 is 1.33 bits per heavy atom. The van der Waals surface area contributed by atoms with Crippen LogP contribution in [0.5, 0.6) is 0 Å². The monoisotopic (exact) mass is 192 g/mol. The predicted molar refractivity (Wildman–Crippen MR) is 42.8 cm³/mol. The molecular weight excluding hydrogens is 184 g/mol. The van der Waals surface area contributed by atoms with Gasteiger partial charge in [-0.25, -0.2) is 4.79 Å². The van der Waals surface area contributed by atoms with Gasteiger partial charge in [-0.1, -0.05) is 6.58 Å². The predicted octanol–water partition coefficient (Wildman–Crippen LogP) is 0.498. The summed E-state index contributed by atoms with van der Waals surface area (Å²) >= 11 is 5.12. The van der Waals surface area contributed by atoms with E-state index in [0.717, 1.165) is 6.08 Å². The lowest BCUT2D eigenvalue weighted by Crippen LogP contribution is -2.13. The molecule has 0 radical (unpaired) electrons. The summed E-state index contributed by atoms with van der Waals surface area (Å²) in [6.45, 7) is 3.23. The van der Waals surface area contributed by atoms with E-state index in [9.17, 15) is 9.59 Å². The van der Waals surface area contributed by atoms with Crippen LogP contribution in [0.25, 0.3) is 0 Å². The fraction of sp³-hybridized carbons (Fsp3) is 0.429. The van der Waals surface area contributed by atoms with Crippen molar-refractivity contribution in [3.63, 3.8) is 0 Å². The van der Waals surface area contributed by atoms with E-state index in [-0.39, 0.29) is 19.1 Å². The molecule has 0 heterocycles. The van der Waals surface area contributed by atoms with Crippen molar-refractivity contribution in [2.75, 3.05) is 19.1 Å². The molecule has 0 aromatic carbocycles. The van der Waals surface area contributed by atoms with Crippen LogP contribution in [-0.4, -0.2) is 31.0 Å². The van der Waals surface area contributed by atoms with Crippen molar-refractivity contribution in [2.45, 2.75) is 0 Å². The van der Waals surface area contributed by atoms with E-state index < -0.39 is 11.9 Å². The van der Waals surface area contributed by atoms with Gasteiger partial charge in [-0.15, -0.1) is 11.6 Å². The van der Waals surface area contributed by atoms with Crippen LogP contribution >= 0.6 is 11.6 Å². The van der Waals surface area contributed by atoms with Crippen LogP contribution in [0.1, 0.15) is 0 Å². The molecule has 0 unspecified atom stereocenters. The second-order valence-electron chi connectivity index (χ2n) is 1.73. The van der Waals surface area contributed by atoms with Crippen LogP contribution in [0.2, 0.25) is 0 Å². The van der Waals surface area contributed by atoms with E-state index in [0.29, 0.717) is 0 Å². The van der Waals surface area contributed by atoms with Gasteiger partial charge in [0.25, 0.3) is 0 Å². The fourth-order valence-corrected chi connectivity index (χ4v) is 0.472. The van der Waals surface area contributed by atoms with E-state index >= 15 is 0 Å². The lowest BCUT2D eigenvalue weighted by molar-refractivity contribution is -0.147. The second-order valence-corrected chi connectivity index (χ2v) is 1.99. The maximum atomic E-state index is 10.4. The molecule has 0 bridgehead atoms. The zero-order chi connectivity index (χ0) is 9.40. The third kappa shape index (κ3) is 5.73. The minimum absolute atomic E-state index is 0.0190. The molecule has 0 atom stereocenters. The van der Waals surface area contributed by atoms with Gasteiger partial charge in [0, 0.05) is 6.08 Å². The van der Waals surface area contributed by atoms with Gasteiger partial charge in [0.05, 0.1) is 0 Å². The first-order valence-electron chi connectivity index (χ1n) is 3.21. The summed E-state index contributed by atoms with van der Waals surface area (Å²) in [6.07, 6.45) is 1.03. The standard InChI is InChI=1S/C7H9ClO4/c1-2-6(9)11-3-4-12-7(10)5-8/h2H,1,3-5H2.